The van der Waals surface area contributed by atoms with E-state index in [-0.39, 0.29) is 22.3 Å². The Morgan fingerprint density at radius 2 is 0.968 bits per heavy atom. The minimum atomic E-state index is -1.71. The normalized spacial score (nSPS) is 25.9. The highest BCUT2D eigenvalue weighted by atomic mass is 32.2. The predicted molar refractivity (Wildman–Crippen MR) is 114 cm³/mol. The molecule has 2 rings (SSSR count). The van der Waals surface area contributed by atoms with Crippen LogP contribution in [0.2, 0.25) is 0 Å². The van der Waals surface area contributed by atoms with Crippen molar-refractivity contribution in [1.82, 2.24) is 0 Å². The molecule has 4 atom stereocenters. The Kier molecular flexibility index (Phi) is 6.37. The molecule has 2 aliphatic rings. The van der Waals surface area contributed by atoms with Crippen LogP contribution in [0.25, 0.3) is 0 Å². The molecular weight excluding hydrogens is 424 g/mol. The predicted octanol–water partition coefficient (Wildman–Crippen LogP) is 3.14. The minimum Gasteiger partial charge on any atom is -0.480 e. The molecule has 1 fully saturated rings. The molecule has 0 amide bonds. The fourth-order valence-electron chi connectivity index (χ4n) is 4.01. The first-order valence-corrected chi connectivity index (χ1v) is 11.1. The third kappa shape index (κ3) is 4.47. The first-order valence-electron chi connectivity index (χ1n) is 10.1. The summed E-state index contributed by atoms with van der Waals surface area (Å²) in [6.07, 6.45) is 4.04. The maximum absolute atomic E-state index is 12.6. The van der Waals surface area contributed by atoms with Gasteiger partial charge >= 0.3 is 23.9 Å². The lowest BCUT2D eigenvalue weighted by molar-refractivity contribution is -0.193. The second kappa shape index (κ2) is 7.83. The molecule has 2 aliphatic heterocycles. The van der Waals surface area contributed by atoms with Gasteiger partial charge in [-0.2, -0.15) is 0 Å². The molecule has 174 valence electrons. The van der Waals surface area contributed by atoms with Crippen molar-refractivity contribution in [3.8, 4) is 0 Å². The number of aliphatic carboxylic acids is 2. The van der Waals surface area contributed by atoms with Gasteiger partial charge in [-0.05, 0) is 55.4 Å². The van der Waals surface area contributed by atoms with Gasteiger partial charge in [-0.3, -0.25) is 19.2 Å². The molecule has 31 heavy (non-hydrogen) atoms. The number of rotatable bonds is 8. The molecule has 9 heteroatoms. The smallest absolute Gasteiger partial charge is 0.323 e. The summed E-state index contributed by atoms with van der Waals surface area (Å²) in [5, 5.41) is 18.7. The number of carboxylic acid groups (broad SMARTS) is 2. The van der Waals surface area contributed by atoms with E-state index in [1.165, 1.54) is 27.7 Å². The fraction of sp³-hybridized carbons (Fsp3) is 0.727. The average molecular weight is 457 g/mol. The van der Waals surface area contributed by atoms with Crippen molar-refractivity contribution >= 4 is 35.6 Å². The van der Waals surface area contributed by atoms with Gasteiger partial charge < -0.3 is 19.7 Å². The van der Waals surface area contributed by atoms with E-state index in [0.717, 1.165) is 0 Å². The summed E-state index contributed by atoms with van der Waals surface area (Å²) in [5.41, 5.74) is -5.53. The van der Waals surface area contributed by atoms with Crippen LogP contribution in [0.5, 0.6) is 0 Å². The maximum atomic E-state index is 12.6. The number of carboxylic acids is 2. The summed E-state index contributed by atoms with van der Waals surface area (Å²) in [6.45, 7) is 12.1. The summed E-state index contributed by atoms with van der Waals surface area (Å²) in [6, 6.07) is 0. The Hall–Kier alpha value is -2.03. The van der Waals surface area contributed by atoms with Gasteiger partial charge in [0, 0.05) is 22.3 Å². The number of hydrogen-bond donors (Lipinski definition) is 2. The quantitative estimate of drug-likeness (QED) is 0.322. The first-order chi connectivity index (χ1) is 13.9. The molecule has 2 bridgehead atoms. The summed E-state index contributed by atoms with van der Waals surface area (Å²) < 4.78 is 11.5. The van der Waals surface area contributed by atoms with Crippen LogP contribution in [-0.2, 0) is 28.7 Å². The molecule has 0 saturated carbocycles. The standard InChI is InChI=1S/C22H32O8S/c1-19(2,15(23)24)17(27)29-21(5,6)13-11-9-10-12(31-11)14(13)22(7,8)30-18(28)20(3,4)16(25)26/h9-14H,1-8H3,(H,23,24)(H,25,26). The highest BCUT2D eigenvalue weighted by Crippen LogP contribution is 2.58. The molecule has 8 nitrogen and oxygen atoms in total. The van der Waals surface area contributed by atoms with Crippen LogP contribution in [0.15, 0.2) is 12.2 Å². The first kappa shape index (κ1) is 25.2. The van der Waals surface area contributed by atoms with Crippen LogP contribution >= 0.6 is 11.8 Å². The Balaban J connectivity index is 2.34. The Morgan fingerprint density at radius 3 is 1.23 bits per heavy atom. The van der Waals surface area contributed by atoms with Gasteiger partial charge in [-0.1, -0.05) is 12.2 Å². The zero-order valence-electron chi connectivity index (χ0n) is 19.2. The Bertz CT molecular complexity index is 757. The van der Waals surface area contributed by atoms with Crippen molar-refractivity contribution in [3.05, 3.63) is 12.2 Å². The van der Waals surface area contributed by atoms with Crippen LogP contribution in [-0.4, -0.2) is 55.8 Å². The Morgan fingerprint density at radius 1 is 0.677 bits per heavy atom. The van der Waals surface area contributed by atoms with E-state index < -0.39 is 45.9 Å². The van der Waals surface area contributed by atoms with Crippen molar-refractivity contribution in [2.45, 2.75) is 77.1 Å². The number of carbonyl (C=O) groups is 4. The van der Waals surface area contributed by atoms with Crippen molar-refractivity contribution < 1.29 is 38.9 Å². The van der Waals surface area contributed by atoms with E-state index in [1.54, 1.807) is 39.5 Å². The molecule has 0 aromatic carbocycles. The van der Waals surface area contributed by atoms with E-state index >= 15 is 0 Å². The van der Waals surface area contributed by atoms with Crippen LogP contribution in [0.1, 0.15) is 55.4 Å². The van der Waals surface area contributed by atoms with Crippen molar-refractivity contribution in [1.29, 1.82) is 0 Å². The third-order valence-electron chi connectivity index (χ3n) is 6.31. The van der Waals surface area contributed by atoms with E-state index in [0.29, 0.717) is 0 Å². The fourth-order valence-corrected chi connectivity index (χ4v) is 6.07. The van der Waals surface area contributed by atoms with Gasteiger partial charge in [0.25, 0.3) is 0 Å². The molecule has 0 aromatic heterocycles. The molecule has 2 heterocycles. The van der Waals surface area contributed by atoms with Crippen LogP contribution in [0.3, 0.4) is 0 Å². The zero-order valence-corrected chi connectivity index (χ0v) is 20.0. The number of carbonyl (C=O) groups excluding carboxylic acids is 2. The van der Waals surface area contributed by atoms with Gasteiger partial charge in [0.05, 0.1) is 0 Å². The molecule has 0 radical (unpaired) electrons. The van der Waals surface area contributed by atoms with Gasteiger partial charge in [0.2, 0.25) is 0 Å². The second-order valence-corrected chi connectivity index (χ2v) is 11.7. The Labute approximate surface area is 186 Å². The van der Waals surface area contributed by atoms with E-state index in [1.807, 2.05) is 12.2 Å². The van der Waals surface area contributed by atoms with Crippen LogP contribution < -0.4 is 0 Å². The molecular formula is C22H32O8S. The molecule has 0 spiro atoms. The topological polar surface area (TPSA) is 127 Å². The number of esters is 2. The van der Waals surface area contributed by atoms with Crippen molar-refractivity contribution in [2.75, 3.05) is 0 Å². The monoisotopic (exact) mass is 456 g/mol. The molecule has 0 aliphatic carbocycles. The SMILES string of the molecule is CC(C)(C(=O)O)C(=O)OC(C)(C)C1C2C=CC(S2)C1C(C)(C)OC(=O)C(C)(C)C(=O)O. The average Bonchev–Trinajstić information content (AvgIpc) is 3.22. The summed E-state index contributed by atoms with van der Waals surface area (Å²) in [5.74, 6) is -4.81. The van der Waals surface area contributed by atoms with Gasteiger partial charge in [0.15, 0.2) is 10.8 Å². The largest absolute Gasteiger partial charge is 0.480 e. The van der Waals surface area contributed by atoms with Crippen LogP contribution in [0.4, 0.5) is 0 Å². The maximum Gasteiger partial charge on any atom is 0.323 e. The van der Waals surface area contributed by atoms with Gasteiger partial charge in [0.1, 0.15) is 11.2 Å². The molecule has 0 aromatic rings. The number of fused-ring (bicyclic) bond motifs is 2. The van der Waals surface area contributed by atoms with Crippen LogP contribution in [0, 0.1) is 22.7 Å². The second-order valence-electron chi connectivity index (χ2n) is 10.3. The lowest BCUT2D eigenvalue weighted by Gasteiger charge is -2.46. The summed E-state index contributed by atoms with van der Waals surface area (Å²) in [7, 11) is 0. The van der Waals surface area contributed by atoms with E-state index in [9.17, 15) is 29.4 Å². The van der Waals surface area contributed by atoms with Crippen molar-refractivity contribution in [3.63, 3.8) is 0 Å². The van der Waals surface area contributed by atoms with Gasteiger partial charge in [-0.25, -0.2) is 0 Å². The lowest BCUT2D eigenvalue weighted by atomic mass is 9.67. The molecule has 4 unspecified atom stereocenters. The highest BCUT2D eigenvalue weighted by molar-refractivity contribution is 8.01. The molecule has 2 N–H and O–H groups in total. The summed E-state index contributed by atoms with van der Waals surface area (Å²) >= 11 is 1.66. The number of hydrogen-bond acceptors (Lipinski definition) is 7. The minimum absolute atomic E-state index is 0.0174. The highest BCUT2D eigenvalue weighted by Gasteiger charge is 2.60. The third-order valence-corrected chi connectivity index (χ3v) is 7.84. The zero-order chi connectivity index (χ0) is 24.2. The van der Waals surface area contributed by atoms with Crippen molar-refractivity contribution in [2.24, 2.45) is 22.7 Å². The van der Waals surface area contributed by atoms with E-state index in [2.05, 4.69) is 0 Å². The summed E-state index contributed by atoms with van der Waals surface area (Å²) in [4.78, 5) is 48.2. The molecule has 1 saturated heterocycles. The lowest BCUT2D eigenvalue weighted by Crippen LogP contribution is -2.55. The number of ether oxygens (including phenoxy) is 2. The van der Waals surface area contributed by atoms with Gasteiger partial charge in [-0.15, -0.1) is 11.8 Å². The van der Waals surface area contributed by atoms with E-state index in [4.69, 9.17) is 9.47 Å². The number of thioether (sulfide) groups is 1.